The van der Waals surface area contributed by atoms with E-state index in [9.17, 15) is 0 Å². The standard InChI is InChI=1S/C13H17N5O/c1-18-13-11(6-15-7-12(13)16-17-18)9-19-8-10-3-2-4-14-5-10/h2-5,11,15H,6-9H2,1H3/t11-/m1/s1. The zero-order chi connectivity index (χ0) is 13.1. The summed E-state index contributed by atoms with van der Waals surface area (Å²) in [5.41, 5.74) is 3.31. The molecular weight excluding hydrogens is 242 g/mol. The van der Waals surface area contributed by atoms with Crippen molar-refractivity contribution >= 4 is 0 Å². The van der Waals surface area contributed by atoms with E-state index in [2.05, 4.69) is 20.6 Å². The van der Waals surface area contributed by atoms with Crippen molar-refractivity contribution in [3.8, 4) is 0 Å². The van der Waals surface area contributed by atoms with Crippen LogP contribution >= 0.6 is 0 Å². The van der Waals surface area contributed by atoms with E-state index in [1.54, 1.807) is 6.20 Å². The molecule has 2 aromatic rings. The molecule has 0 bridgehead atoms. The Bertz CT molecular complexity index is 539. The number of fused-ring (bicyclic) bond motifs is 1. The van der Waals surface area contributed by atoms with Crippen molar-refractivity contribution in [3.05, 3.63) is 41.5 Å². The van der Waals surface area contributed by atoms with Gasteiger partial charge in [-0.25, -0.2) is 0 Å². The van der Waals surface area contributed by atoms with Crippen molar-refractivity contribution < 1.29 is 4.74 Å². The Morgan fingerprint density at radius 3 is 3.32 bits per heavy atom. The summed E-state index contributed by atoms with van der Waals surface area (Å²) in [6.07, 6.45) is 3.60. The molecule has 2 aromatic heterocycles. The molecule has 0 unspecified atom stereocenters. The van der Waals surface area contributed by atoms with E-state index < -0.39 is 0 Å². The predicted molar refractivity (Wildman–Crippen MR) is 69.3 cm³/mol. The second-order valence-corrected chi connectivity index (χ2v) is 4.75. The Balaban J connectivity index is 1.61. The second-order valence-electron chi connectivity index (χ2n) is 4.75. The fraction of sp³-hybridized carbons (Fsp3) is 0.462. The van der Waals surface area contributed by atoms with Crippen molar-refractivity contribution in [1.82, 2.24) is 25.3 Å². The Kier molecular flexibility index (Phi) is 3.52. The Morgan fingerprint density at radius 2 is 2.47 bits per heavy atom. The smallest absolute Gasteiger partial charge is 0.100 e. The quantitative estimate of drug-likeness (QED) is 0.871. The van der Waals surface area contributed by atoms with Gasteiger partial charge in [0.25, 0.3) is 0 Å². The topological polar surface area (TPSA) is 64.9 Å². The molecule has 0 fully saturated rings. The summed E-state index contributed by atoms with van der Waals surface area (Å²) in [7, 11) is 1.94. The molecule has 100 valence electrons. The number of hydrogen-bond donors (Lipinski definition) is 1. The second kappa shape index (κ2) is 5.46. The minimum Gasteiger partial charge on any atom is -0.376 e. The molecule has 0 saturated heterocycles. The number of nitrogens with zero attached hydrogens (tertiary/aromatic N) is 4. The highest BCUT2D eigenvalue weighted by molar-refractivity contribution is 5.19. The first kappa shape index (κ1) is 12.3. The molecule has 0 spiro atoms. The van der Waals surface area contributed by atoms with E-state index in [1.807, 2.05) is 30.1 Å². The van der Waals surface area contributed by atoms with E-state index in [1.165, 1.54) is 5.69 Å². The highest BCUT2D eigenvalue weighted by atomic mass is 16.5. The fourth-order valence-corrected chi connectivity index (χ4v) is 2.43. The molecule has 3 rings (SSSR count). The van der Waals surface area contributed by atoms with Crippen LogP contribution in [0.25, 0.3) is 0 Å². The van der Waals surface area contributed by atoms with Crippen LogP contribution in [0.3, 0.4) is 0 Å². The third-order valence-corrected chi connectivity index (χ3v) is 3.32. The van der Waals surface area contributed by atoms with E-state index in [-0.39, 0.29) is 0 Å². The maximum absolute atomic E-state index is 5.79. The SMILES string of the molecule is Cn1nnc2c1[C@@H](COCc1cccnc1)CNC2. The van der Waals surface area contributed by atoms with Gasteiger partial charge in [-0.15, -0.1) is 5.10 Å². The van der Waals surface area contributed by atoms with Gasteiger partial charge in [0.15, 0.2) is 0 Å². The number of nitrogens with one attached hydrogen (secondary N) is 1. The third-order valence-electron chi connectivity index (χ3n) is 3.32. The number of aryl methyl sites for hydroxylation is 1. The lowest BCUT2D eigenvalue weighted by Gasteiger charge is -2.23. The molecule has 19 heavy (non-hydrogen) atoms. The minimum atomic E-state index is 0.306. The Hall–Kier alpha value is -1.79. The Labute approximate surface area is 111 Å². The average Bonchev–Trinajstić information content (AvgIpc) is 2.83. The lowest BCUT2D eigenvalue weighted by Crippen LogP contribution is -2.31. The van der Waals surface area contributed by atoms with Crippen LogP contribution in [-0.2, 0) is 24.9 Å². The van der Waals surface area contributed by atoms with Gasteiger partial charge < -0.3 is 10.1 Å². The van der Waals surface area contributed by atoms with Crippen molar-refractivity contribution in [3.63, 3.8) is 0 Å². The fourth-order valence-electron chi connectivity index (χ4n) is 2.43. The summed E-state index contributed by atoms with van der Waals surface area (Å²) in [4.78, 5) is 4.08. The van der Waals surface area contributed by atoms with Crippen LogP contribution in [0.1, 0.15) is 22.9 Å². The summed E-state index contributed by atoms with van der Waals surface area (Å²) in [6, 6.07) is 3.94. The maximum atomic E-state index is 5.79. The lowest BCUT2D eigenvalue weighted by molar-refractivity contribution is 0.102. The number of ether oxygens (including phenoxy) is 1. The molecule has 0 saturated carbocycles. The van der Waals surface area contributed by atoms with Gasteiger partial charge >= 0.3 is 0 Å². The maximum Gasteiger partial charge on any atom is 0.100 e. The first-order valence-corrected chi connectivity index (χ1v) is 6.40. The molecule has 6 nitrogen and oxygen atoms in total. The minimum absolute atomic E-state index is 0.306. The molecule has 0 aromatic carbocycles. The summed E-state index contributed by atoms with van der Waals surface area (Å²) < 4.78 is 7.65. The molecule has 0 radical (unpaired) electrons. The van der Waals surface area contributed by atoms with Crippen molar-refractivity contribution in [1.29, 1.82) is 0 Å². The molecule has 0 aliphatic carbocycles. The van der Waals surface area contributed by atoms with E-state index in [0.717, 1.165) is 24.3 Å². The van der Waals surface area contributed by atoms with E-state index in [0.29, 0.717) is 19.1 Å². The van der Waals surface area contributed by atoms with Crippen LogP contribution in [0.5, 0.6) is 0 Å². The van der Waals surface area contributed by atoms with Gasteiger partial charge in [0, 0.05) is 38.4 Å². The molecule has 6 heteroatoms. The molecule has 1 atom stereocenters. The molecule has 1 aliphatic heterocycles. The summed E-state index contributed by atoms with van der Waals surface area (Å²) in [5.74, 6) is 0.306. The van der Waals surface area contributed by atoms with Crippen LogP contribution < -0.4 is 5.32 Å². The van der Waals surface area contributed by atoms with Gasteiger partial charge in [0.1, 0.15) is 5.69 Å². The first-order valence-electron chi connectivity index (χ1n) is 6.40. The van der Waals surface area contributed by atoms with Crippen LogP contribution in [-0.4, -0.2) is 33.1 Å². The van der Waals surface area contributed by atoms with Gasteiger partial charge in [-0.1, -0.05) is 11.3 Å². The first-order chi connectivity index (χ1) is 9.34. The zero-order valence-corrected chi connectivity index (χ0v) is 10.9. The Morgan fingerprint density at radius 1 is 1.53 bits per heavy atom. The number of aromatic nitrogens is 4. The number of pyridine rings is 1. The highest BCUT2D eigenvalue weighted by Crippen LogP contribution is 2.22. The van der Waals surface area contributed by atoms with E-state index in [4.69, 9.17) is 4.74 Å². The number of rotatable bonds is 4. The third kappa shape index (κ3) is 2.64. The summed E-state index contributed by atoms with van der Waals surface area (Å²) in [6.45, 7) is 2.95. The van der Waals surface area contributed by atoms with Crippen molar-refractivity contribution in [2.24, 2.45) is 7.05 Å². The van der Waals surface area contributed by atoms with Gasteiger partial charge in [0.2, 0.25) is 0 Å². The zero-order valence-electron chi connectivity index (χ0n) is 10.9. The van der Waals surface area contributed by atoms with Crippen LogP contribution in [0, 0.1) is 0 Å². The summed E-state index contributed by atoms with van der Waals surface area (Å²) in [5, 5.41) is 11.6. The molecule has 3 heterocycles. The van der Waals surface area contributed by atoms with E-state index >= 15 is 0 Å². The molecule has 1 aliphatic rings. The molecule has 1 N–H and O–H groups in total. The van der Waals surface area contributed by atoms with Crippen molar-refractivity contribution in [2.45, 2.75) is 19.1 Å². The monoisotopic (exact) mass is 259 g/mol. The predicted octanol–water partition coefficient (Wildman–Crippen LogP) is 0.614. The number of hydrogen-bond acceptors (Lipinski definition) is 5. The van der Waals surface area contributed by atoms with Gasteiger partial charge in [-0.2, -0.15) is 0 Å². The van der Waals surface area contributed by atoms with Crippen LogP contribution in [0.2, 0.25) is 0 Å². The highest BCUT2D eigenvalue weighted by Gasteiger charge is 2.25. The van der Waals surface area contributed by atoms with Crippen molar-refractivity contribution in [2.75, 3.05) is 13.2 Å². The average molecular weight is 259 g/mol. The van der Waals surface area contributed by atoms with Crippen LogP contribution in [0.4, 0.5) is 0 Å². The largest absolute Gasteiger partial charge is 0.376 e. The molecule has 0 amide bonds. The normalized spacial score (nSPS) is 18.3. The van der Waals surface area contributed by atoms with Gasteiger partial charge in [0.05, 0.1) is 18.9 Å². The van der Waals surface area contributed by atoms with Gasteiger partial charge in [-0.3, -0.25) is 9.67 Å². The lowest BCUT2D eigenvalue weighted by atomic mass is 10.0. The summed E-state index contributed by atoms with van der Waals surface area (Å²) >= 11 is 0. The van der Waals surface area contributed by atoms with Gasteiger partial charge in [-0.05, 0) is 11.6 Å². The molecular formula is C13H17N5O. The van der Waals surface area contributed by atoms with Crippen LogP contribution in [0.15, 0.2) is 24.5 Å².